The number of aromatic hydroxyl groups is 2. The van der Waals surface area contributed by atoms with Crippen LogP contribution in [0.4, 0.5) is 5.69 Å². The highest BCUT2D eigenvalue weighted by atomic mass is 16.5. The van der Waals surface area contributed by atoms with E-state index < -0.39 is 0 Å². The smallest absolute Gasteiger partial charge is 0.162 e. The Morgan fingerprint density at radius 2 is 1.68 bits per heavy atom. The maximum Gasteiger partial charge on any atom is 0.162 e. The zero-order valence-electron chi connectivity index (χ0n) is 17.4. The Hall–Kier alpha value is -2.40. The van der Waals surface area contributed by atoms with Crippen LogP contribution in [0.25, 0.3) is 0 Å². The number of methoxy groups -OCH3 is 1. The number of phenolic OH excluding ortho intramolecular Hbond substituents is 2. The zero-order chi connectivity index (χ0) is 20.3. The van der Waals surface area contributed by atoms with Crippen LogP contribution in [-0.4, -0.2) is 48.4 Å². The molecule has 0 radical (unpaired) electrons. The van der Waals surface area contributed by atoms with Gasteiger partial charge in [0.25, 0.3) is 0 Å². The van der Waals surface area contributed by atoms with Crippen LogP contribution in [0.5, 0.6) is 17.2 Å². The molecule has 28 heavy (non-hydrogen) atoms. The van der Waals surface area contributed by atoms with Gasteiger partial charge in [-0.15, -0.1) is 0 Å². The number of benzene rings is 2. The third-order valence-electron chi connectivity index (χ3n) is 5.45. The van der Waals surface area contributed by atoms with Gasteiger partial charge < -0.3 is 19.8 Å². The third kappa shape index (κ3) is 4.71. The average Bonchev–Trinajstić information content (AvgIpc) is 2.90. The van der Waals surface area contributed by atoms with E-state index in [1.54, 1.807) is 13.2 Å². The lowest BCUT2D eigenvalue weighted by molar-refractivity contribution is 0.278. The fourth-order valence-electron chi connectivity index (χ4n) is 3.65. The summed E-state index contributed by atoms with van der Waals surface area (Å²) in [4.78, 5) is 4.74. The molecule has 0 aliphatic carbocycles. The largest absolute Gasteiger partial charge is 0.504 e. The van der Waals surface area contributed by atoms with Gasteiger partial charge in [0, 0.05) is 44.0 Å². The molecule has 0 bridgehead atoms. The molecule has 5 heteroatoms. The van der Waals surface area contributed by atoms with Gasteiger partial charge in [-0.3, -0.25) is 4.90 Å². The summed E-state index contributed by atoms with van der Waals surface area (Å²) in [6, 6.07) is 11.9. The number of phenols is 2. The number of nitrogens with zero attached hydrogens (tertiary/aromatic N) is 2. The van der Waals surface area contributed by atoms with E-state index in [1.165, 1.54) is 5.69 Å². The second-order valence-electron chi connectivity index (χ2n) is 8.57. The Balaban J connectivity index is 1.70. The first kappa shape index (κ1) is 20.3. The van der Waals surface area contributed by atoms with E-state index in [-0.39, 0.29) is 16.9 Å². The van der Waals surface area contributed by atoms with Crippen LogP contribution in [0, 0.1) is 0 Å². The molecule has 1 heterocycles. The molecule has 1 aliphatic rings. The van der Waals surface area contributed by atoms with E-state index in [0.717, 1.165) is 49.5 Å². The summed E-state index contributed by atoms with van der Waals surface area (Å²) in [5, 5.41) is 20.5. The fourth-order valence-corrected chi connectivity index (χ4v) is 3.65. The van der Waals surface area contributed by atoms with Gasteiger partial charge in [0.2, 0.25) is 0 Å². The van der Waals surface area contributed by atoms with Crippen molar-refractivity contribution >= 4 is 5.69 Å². The first-order valence-corrected chi connectivity index (χ1v) is 9.94. The summed E-state index contributed by atoms with van der Waals surface area (Å²) in [5.41, 5.74) is 2.96. The molecule has 0 unspecified atom stereocenters. The van der Waals surface area contributed by atoms with Gasteiger partial charge in [0.05, 0.1) is 7.11 Å². The van der Waals surface area contributed by atoms with Crippen LogP contribution < -0.4 is 9.64 Å². The molecule has 1 fully saturated rings. The lowest BCUT2D eigenvalue weighted by Gasteiger charge is -2.25. The van der Waals surface area contributed by atoms with Gasteiger partial charge in [-0.1, -0.05) is 26.8 Å². The van der Waals surface area contributed by atoms with Gasteiger partial charge in [0.1, 0.15) is 5.75 Å². The number of ether oxygens (including phenoxy) is 1. The summed E-state index contributed by atoms with van der Waals surface area (Å²) in [6.45, 7) is 10.8. The van der Waals surface area contributed by atoms with Crippen LogP contribution in [0.2, 0.25) is 0 Å². The average molecular weight is 385 g/mol. The second-order valence-corrected chi connectivity index (χ2v) is 8.57. The molecule has 0 amide bonds. The first-order chi connectivity index (χ1) is 13.3. The predicted octanol–water partition coefficient (Wildman–Crippen LogP) is 4.12. The molecule has 0 spiro atoms. The number of anilines is 1. The minimum absolute atomic E-state index is 0.00394. The minimum Gasteiger partial charge on any atom is -0.504 e. The highest BCUT2D eigenvalue weighted by Crippen LogP contribution is 2.36. The zero-order valence-corrected chi connectivity index (χ0v) is 17.4. The lowest BCUT2D eigenvalue weighted by atomic mass is 9.85. The molecule has 152 valence electrons. The van der Waals surface area contributed by atoms with Crippen molar-refractivity contribution in [2.45, 2.75) is 39.2 Å². The monoisotopic (exact) mass is 384 g/mol. The Labute approximate surface area is 168 Å². The number of hydrogen-bond donors (Lipinski definition) is 2. The first-order valence-electron chi connectivity index (χ1n) is 9.94. The van der Waals surface area contributed by atoms with Crippen molar-refractivity contribution in [2.24, 2.45) is 0 Å². The van der Waals surface area contributed by atoms with Crippen molar-refractivity contribution in [1.29, 1.82) is 0 Å². The van der Waals surface area contributed by atoms with Gasteiger partial charge in [0.15, 0.2) is 11.5 Å². The third-order valence-corrected chi connectivity index (χ3v) is 5.45. The van der Waals surface area contributed by atoms with Gasteiger partial charge in [-0.2, -0.15) is 0 Å². The highest BCUT2D eigenvalue weighted by Gasteiger charge is 2.21. The summed E-state index contributed by atoms with van der Waals surface area (Å²) in [7, 11) is 1.68. The van der Waals surface area contributed by atoms with Gasteiger partial charge >= 0.3 is 0 Å². The lowest BCUT2D eigenvalue weighted by Crippen LogP contribution is -2.30. The van der Waals surface area contributed by atoms with Crippen LogP contribution in [0.1, 0.15) is 38.3 Å². The normalized spacial score (nSPS) is 16.1. The molecule has 1 saturated heterocycles. The SMILES string of the molecule is COc1ccc(N2CCCN(Cc3cc(C(C)(C)C)cc(O)c3O)CC2)cc1. The van der Waals surface area contributed by atoms with Crippen LogP contribution in [0.15, 0.2) is 36.4 Å². The van der Waals surface area contributed by atoms with E-state index in [1.807, 2.05) is 18.2 Å². The molecule has 2 aromatic carbocycles. The van der Waals surface area contributed by atoms with Crippen molar-refractivity contribution in [2.75, 3.05) is 38.2 Å². The molecule has 2 aromatic rings. The number of hydrogen-bond acceptors (Lipinski definition) is 5. The van der Waals surface area contributed by atoms with Crippen molar-refractivity contribution in [3.63, 3.8) is 0 Å². The van der Waals surface area contributed by atoms with Crippen molar-refractivity contribution in [3.05, 3.63) is 47.5 Å². The van der Waals surface area contributed by atoms with Crippen LogP contribution in [0.3, 0.4) is 0 Å². The van der Waals surface area contributed by atoms with E-state index in [9.17, 15) is 10.2 Å². The molecule has 0 atom stereocenters. The Bertz CT molecular complexity index is 797. The summed E-state index contributed by atoms with van der Waals surface area (Å²) >= 11 is 0. The Kier molecular flexibility index (Phi) is 6.04. The van der Waals surface area contributed by atoms with Crippen molar-refractivity contribution in [3.8, 4) is 17.2 Å². The Morgan fingerprint density at radius 1 is 0.964 bits per heavy atom. The van der Waals surface area contributed by atoms with E-state index >= 15 is 0 Å². The summed E-state index contributed by atoms with van der Waals surface area (Å²) in [5.74, 6) is 0.843. The summed E-state index contributed by atoms with van der Waals surface area (Å²) < 4.78 is 5.25. The minimum atomic E-state index is -0.0795. The molecular formula is C23H32N2O3. The molecule has 5 nitrogen and oxygen atoms in total. The van der Waals surface area contributed by atoms with Crippen molar-refractivity contribution in [1.82, 2.24) is 4.90 Å². The molecule has 0 saturated carbocycles. The van der Waals surface area contributed by atoms with E-state index in [4.69, 9.17) is 4.74 Å². The van der Waals surface area contributed by atoms with Crippen LogP contribution in [-0.2, 0) is 12.0 Å². The van der Waals surface area contributed by atoms with E-state index in [2.05, 4.69) is 42.7 Å². The molecule has 0 aromatic heterocycles. The van der Waals surface area contributed by atoms with Gasteiger partial charge in [-0.25, -0.2) is 0 Å². The molecular weight excluding hydrogens is 352 g/mol. The van der Waals surface area contributed by atoms with Gasteiger partial charge in [-0.05, 0) is 47.7 Å². The highest BCUT2D eigenvalue weighted by molar-refractivity contribution is 5.50. The van der Waals surface area contributed by atoms with Crippen molar-refractivity contribution < 1.29 is 14.9 Å². The summed E-state index contributed by atoms with van der Waals surface area (Å²) in [6.07, 6.45) is 1.05. The predicted molar refractivity (Wildman–Crippen MR) is 114 cm³/mol. The number of rotatable bonds is 4. The fraction of sp³-hybridized carbons (Fsp3) is 0.478. The quantitative estimate of drug-likeness (QED) is 0.777. The Morgan fingerprint density at radius 3 is 2.32 bits per heavy atom. The maximum absolute atomic E-state index is 10.4. The molecule has 2 N–H and O–H groups in total. The molecule has 3 rings (SSSR count). The standard InChI is InChI=1S/C23H32N2O3/c1-23(2,3)18-14-17(22(27)21(26)15-18)16-24-10-5-11-25(13-12-24)19-6-8-20(28-4)9-7-19/h6-9,14-15,26-27H,5,10-13,16H2,1-4H3. The molecule has 1 aliphatic heterocycles. The van der Waals surface area contributed by atoms with E-state index in [0.29, 0.717) is 6.54 Å². The maximum atomic E-state index is 10.4. The second kappa shape index (κ2) is 8.31. The topological polar surface area (TPSA) is 56.2 Å². The van der Waals surface area contributed by atoms with Crippen LogP contribution >= 0.6 is 0 Å².